The van der Waals surface area contributed by atoms with E-state index in [9.17, 15) is 13.2 Å². The van der Waals surface area contributed by atoms with Crippen LogP contribution in [0.4, 0.5) is 11.4 Å². The van der Waals surface area contributed by atoms with Crippen molar-refractivity contribution in [1.29, 1.82) is 0 Å². The van der Waals surface area contributed by atoms with Crippen molar-refractivity contribution in [1.82, 2.24) is 0 Å². The Labute approximate surface area is 125 Å². The molecule has 0 aliphatic heterocycles. The first-order chi connectivity index (χ1) is 8.49. The van der Waals surface area contributed by atoms with Gasteiger partial charge < -0.3 is 11.1 Å². The van der Waals surface area contributed by atoms with Crippen LogP contribution < -0.4 is 15.8 Å². The minimum atomic E-state index is -3.36. The maximum Gasteiger partial charge on any atom is 0.243 e. The number of anilines is 2. The average molecular weight is 322 g/mol. The molecule has 0 saturated heterocycles. The second-order valence-electron chi connectivity index (χ2n) is 5.08. The van der Waals surface area contributed by atoms with Gasteiger partial charge in [0.1, 0.15) is 0 Å². The van der Waals surface area contributed by atoms with Crippen LogP contribution in [0.2, 0.25) is 0 Å². The van der Waals surface area contributed by atoms with Gasteiger partial charge in [0.2, 0.25) is 15.9 Å². The van der Waals surface area contributed by atoms with Crippen molar-refractivity contribution in [2.45, 2.75) is 26.3 Å². The summed E-state index contributed by atoms with van der Waals surface area (Å²) in [5, 5.41) is 2.64. The van der Waals surface area contributed by atoms with Crippen LogP contribution in [0, 0.1) is 6.92 Å². The van der Waals surface area contributed by atoms with Gasteiger partial charge in [0.05, 0.1) is 17.5 Å². The Kier molecular flexibility index (Phi) is 6.01. The predicted molar refractivity (Wildman–Crippen MR) is 83.8 cm³/mol. The zero-order chi connectivity index (χ0) is 14.8. The topological polar surface area (TPSA) is 101 Å². The third-order valence-electron chi connectivity index (χ3n) is 2.38. The summed E-state index contributed by atoms with van der Waals surface area (Å²) in [7, 11) is -3.36. The molecule has 0 aromatic heterocycles. The first-order valence-electron chi connectivity index (χ1n) is 5.68. The van der Waals surface area contributed by atoms with Gasteiger partial charge in [-0.25, -0.2) is 8.42 Å². The van der Waals surface area contributed by atoms with Gasteiger partial charge in [0.15, 0.2) is 0 Å². The summed E-state index contributed by atoms with van der Waals surface area (Å²) in [6, 6.07) is 4.96. The molecular weight excluding hydrogens is 302 g/mol. The lowest BCUT2D eigenvalue weighted by molar-refractivity contribution is -0.120. The second kappa shape index (κ2) is 6.43. The third-order valence-corrected chi connectivity index (χ3v) is 2.97. The van der Waals surface area contributed by atoms with E-state index in [0.717, 1.165) is 11.8 Å². The van der Waals surface area contributed by atoms with Crippen LogP contribution in [0.1, 0.15) is 19.4 Å². The Morgan fingerprint density at radius 1 is 1.30 bits per heavy atom. The smallest absolute Gasteiger partial charge is 0.243 e. The third kappa shape index (κ3) is 5.77. The van der Waals surface area contributed by atoms with Crippen molar-refractivity contribution < 1.29 is 13.2 Å². The van der Waals surface area contributed by atoms with Crippen LogP contribution in [-0.2, 0) is 14.8 Å². The number of carbonyl (C=O) groups excluding carboxylic acids is 1. The SMILES string of the molecule is Cc1ccc(NC(=O)C(C)(C)N)cc1NS(C)(=O)=O.Cl. The number of halogens is 1. The summed E-state index contributed by atoms with van der Waals surface area (Å²) in [4.78, 5) is 11.7. The maximum atomic E-state index is 11.7. The highest BCUT2D eigenvalue weighted by molar-refractivity contribution is 7.92. The zero-order valence-corrected chi connectivity index (χ0v) is 13.5. The molecule has 0 saturated carbocycles. The summed E-state index contributed by atoms with van der Waals surface area (Å²) in [6.07, 6.45) is 1.07. The van der Waals surface area contributed by atoms with Crippen LogP contribution in [-0.4, -0.2) is 26.1 Å². The average Bonchev–Trinajstić information content (AvgIpc) is 2.19. The molecule has 1 amide bonds. The maximum absolute atomic E-state index is 11.7. The van der Waals surface area contributed by atoms with Gasteiger partial charge in [-0.2, -0.15) is 0 Å². The Morgan fingerprint density at radius 2 is 1.85 bits per heavy atom. The second-order valence-corrected chi connectivity index (χ2v) is 6.83. The fraction of sp³-hybridized carbons (Fsp3) is 0.417. The first-order valence-corrected chi connectivity index (χ1v) is 7.57. The standard InChI is InChI=1S/C12H19N3O3S.ClH/c1-8-5-6-9(14-11(16)12(2,3)13)7-10(8)15-19(4,17)18;/h5-7,15H,13H2,1-4H3,(H,14,16);1H. The lowest BCUT2D eigenvalue weighted by Crippen LogP contribution is -2.45. The van der Waals surface area contributed by atoms with Gasteiger partial charge in [-0.3, -0.25) is 9.52 Å². The Hall–Kier alpha value is -1.31. The van der Waals surface area contributed by atoms with Gasteiger partial charge in [0.25, 0.3) is 0 Å². The molecule has 1 aromatic rings. The number of carbonyl (C=O) groups is 1. The molecule has 6 nitrogen and oxygen atoms in total. The molecule has 0 heterocycles. The van der Waals surface area contributed by atoms with Gasteiger partial charge >= 0.3 is 0 Å². The molecule has 0 atom stereocenters. The largest absolute Gasteiger partial charge is 0.324 e. The number of nitrogens with two attached hydrogens (primary N) is 1. The molecule has 0 spiro atoms. The van der Waals surface area contributed by atoms with Crippen molar-refractivity contribution in [3.8, 4) is 0 Å². The minimum Gasteiger partial charge on any atom is -0.324 e. The summed E-state index contributed by atoms with van der Waals surface area (Å²) in [5.74, 6) is -0.346. The van der Waals surface area contributed by atoms with Gasteiger partial charge in [-0.15, -0.1) is 12.4 Å². The molecule has 0 aliphatic carbocycles. The van der Waals surface area contributed by atoms with Gasteiger partial charge in [0, 0.05) is 5.69 Å². The van der Waals surface area contributed by atoms with E-state index >= 15 is 0 Å². The van der Waals surface area contributed by atoms with E-state index in [1.165, 1.54) is 0 Å². The molecular formula is C12H20ClN3O3S. The van der Waals surface area contributed by atoms with Crippen LogP contribution in [0.3, 0.4) is 0 Å². The molecule has 20 heavy (non-hydrogen) atoms. The molecule has 8 heteroatoms. The minimum absolute atomic E-state index is 0. The van der Waals surface area contributed by atoms with Gasteiger partial charge in [-0.1, -0.05) is 6.07 Å². The van der Waals surface area contributed by atoms with Crippen molar-refractivity contribution in [2.24, 2.45) is 5.73 Å². The predicted octanol–water partition coefficient (Wildman–Crippen LogP) is 1.46. The highest BCUT2D eigenvalue weighted by atomic mass is 35.5. The van der Waals surface area contributed by atoms with E-state index in [2.05, 4.69) is 10.0 Å². The lowest BCUT2D eigenvalue weighted by Gasteiger charge is -2.18. The van der Waals surface area contributed by atoms with Crippen molar-refractivity contribution in [3.63, 3.8) is 0 Å². The lowest BCUT2D eigenvalue weighted by atomic mass is 10.1. The number of aryl methyl sites for hydroxylation is 1. The van der Waals surface area contributed by atoms with E-state index in [4.69, 9.17) is 5.73 Å². The highest BCUT2D eigenvalue weighted by Crippen LogP contribution is 2.21. The Bertz CT molecular complexity index is 594. The van der Waals surface area contributed by atoms with Crippen molar-refractivity contribution >= 4 is 39.7 Å². The van der Waals surface area contributed by atoms with Crippen LogP contribution >= 0.6 is 12.4 Å². The van der Waals surface area contributed by atoms with Crippen LogP contribution in [0.25, 0.3) is 0 Å². The van der Waals surface area contributed by atoms with Crippen molar-refractivity contribution in [3.05, 3.63) is 23.8 Å². The van der Waals surface area contributed by atoms with E-state index < -0.39 is 15.6 Å². The highest BCUT2D eigenvalue weighted by Gasteiger charge is 2.22. The fourth-order valence-corrected chi connectivity index (χ4v) is 1.92. The van der Waals surface area contributed by atoms with E-state index in [1.54, 1.807) is 39.0 Å². The summed E-state index contributed by atoms with van der Waals surface area (Å²) >= 11 is 0. The zero-order valence-electron chi connectivity index (χ0n) is 11.9. The molecule has 0 bridgehead atoms. The van der Waals surface area contributed by atoms with Crippen LogP contribution in [0.5, 0.6) is 0 Å². The van der Waals surface area contributed by atoms with Gasteiger partial charge in [-0.05, 0) is 38.5 Å². The van der Waals surface area contributed by atoms with E-state index in [1.807, 2.05) is 0 Å². The molecule has 1 aromatic carbocycles. The number of hydrogen-bond donors (Lipinski definition) is 3. The monoisotopic (exact) mass is 321 g/mol. The molecule has 4 N–H and O–H groups in total. The first kappa shape index (κ1) is 18.7. The number of hydrogen-bond acceptors (Lipinski definition) is 4. The number of sulfonamides is 1. The molecule has 0 fully saturated rings. The summed E-state index contributed by atoms with van der Waals surface area (Å²) in [6.45, 7) is 4.95. The normalized spacial score (nSPS) is 11.4. The fourth-order valence-electron chi connectivity index (χ4n) is 1.30. The molecule has 114 valence electrons. The summed E-state index contributed by atoms with van der Waals surface area (Å²) < 4.78 is 24.8. The van der Waals surface area contributed by atoms with E-state index in [0.29, 0.717) is 11.4 Å². The number of nitrogens with one attached hydrogen (secondary N) is 2. The molecule has 0 unspecified atom stereocenters. The Morgan fingerprint density at radius 3 is 2.30 bits per heavy atom. The quantitative estimate of drug-likeness (QED) is 0.781. The van der Waals surface area contributed by atoms with Crippen molar-refractivity contribution in [2.75, 3.05) is 16.3 Å². The number of amides is 1. The Balaban J connectivity index is 0.00000361. The van der Waals surface area contributed by atoms with E-state index in [-0.39, 0.29) is 18.3 Å². The molecule has 0 aliphatic rings. The molecule has 1 rings (SSSR count). The molecule has 0 radical (unpaired) electrons. The van der Waals surface area contributed by atoms with Crippen LogP contribution in [0.15, 0.2) is 18.2 Å². The summed E-state index contributed by atoms with van der Waals surface area (Å²) in [5.41, 5.74) is 6.34. The number of rotatable bonds is 4. The number of benzene rings is 1.